The lowest BCUT2D eigenvalue weighted by Gasteiger charge is -2.23. The first kappa shape index (κ1) is 17.6. The van der Waals surface area contributed by atoms with Crippen LogP contribution in [0.25, 0.3) is 0 Å². The van der Waals surface area contributed by atoms with Crippen LogP contribution in [0.2, 0.25) is 0 Å². The molecule has 1 N–H and O–H groups in total. The fourth-order valence-electron chi connectivity index (χ4n) is 2.52. The van der Waals surface area contributed by atoms with E-state index < -0.39 is 28.4 Å². The Hall–Kier alpha value is -1.71. The molecule has 1 aliphatic heterocycles. The molecule has 7 nitrogen and oxygen atoms in total. The van der Waals surface area contributed by atoms with Gasteiger partial charge in [0.05, 0.1) is 11.5 Å². The highest BCUT2D eigenvalue weighted by atomic mass is 32.2. The summed E-state index contributed by atoms with van der Waals surface area (Å²) < 4.78 is 50.3. The molecule has 1 saturated heterocycles. The normalized spacial score (nSPS) is 19.0. The molecule has 0 bridgehead atoms. The maximum absolute atomic E-state index is 13.9. The van der Waals surface area contributed by atoms with E-state index in [1.807, 2.05) is 0 Å². The number of rotatable bonds is 7. The lowest BCUT2D eigenvalue weighted by atomic mass is 10.2. The Morgan fingerprint density at radius 2 is 2.22 bits per heavy atom. The van der Waals surface area contributed by atoms with Crippen molar-refractivity contribution in [1.82, 2.24) is 4.31 Å². The number of sulfonamides is 1. The van der Waals surface area contributed by atoms with Crippen LogP contribution in [0.4, 0.5) is 4.39 Å². The summed E-state index contributed by atoms with van der Waals surface area (Å²) in [5.74, 6) is -2.48. The number of methoxy groups -OCH3 is 1. The molecule has 128 valence electrons. The smallest absolute Gasteiger partial charge is 0.341 e. The summed E-state index contributed by atoms with van der Waals surface area (Å²) in [6, 6.07) is 2.90. The van der Waals surface area contributed by atoms with Gasteiger partial charge in [0, 0.05) is 19.7 Å². The molecular formula is C14H18FNO6S. The van der Waals surface area contributed by atoms with E-state index >= 15 is 0 Å². The Bertz CT molecular complexity index is 678. The first-order chi connectivity index (χ1) is 10.9. The average molecular weight is 347 g/mol. The highest BCUT2D eigenvalue weighted by molar-refractivity contribution is 7.89. The Morgan fingerprint density at radius 1 is 1.48 bits per heavy atom. The molecular weight excluding hydrogens is 329 g/mol. The standard InChI is InChI=1S/C14H18FNO6S/c1-21-8-10-3-2-6-16(10)23(19,20)11-4-5-13(12(15)7-11)22-9-14(17)18/h4-5,7,10H,2-3,6,8-9H2,1H3,(H,17,18)/t10-/m1/s1. The lowest BCUT2D eigenvalue weighted by Crippen LogP contribution is -2.38. The fourth-order valence-corrected chi connectivity index (χ4v) is 4.21. The topological polar surface area (TPSA) is 93.1 Å². The van der Waals surface area contributed by atoms with E-state index in [0.717, 1.165) is 18.6 Å². The monoisotopic (exact) mass is 347 g/mol. The number of nitrogens with zero attached hydrogens (tertiary/aromatic N) is 1. The Kier molecular flexibility index (Phi) is 5.55. The number of carbonyl (C=O) groups is 1. The van der Waals surface area contributed by atoms with Crippen molar-refractivity contribution in [3.63, 3.8) is 0 Å². The van der Waals surface area contributed by atoms with Crippen LogP contribution in [-0.4, -0.2) is 56.7 Å². The van der Waals surface area contributed by atoms with Crippen LogP contribution in [0.5, 0.6) is 5.75 Å². The summed E-state index contributed by atoms with van der Waals surface area (Å²) >= 11 is 0. The molecule has 2 rings (SSSR count). The van der Waals surface area contributed by atoms with E-state index in [9.17, 15) is 17.6 Å². The Morgan fingerprint density at radius 3 is 2.83 bits per heavy atom. The van der Waals surface area contributed by atoms with Gasteiger partial charge in [0.25, 0.3) is 0 Å². The SMILES string of the molecule is COC[C@H]1CCCN1S(=O)(=O)c1ccc(OCC(=O)O)c(F)c1. The predicted octanol–water partition coefficient (Wildman–Crippen LogP) is 1.09. The van der Waals surface area contributed by atoms with Crippen LogP contribution >= 0.6 is 0 Å². The summed E-state index contributed by atoms with van der Waals surface area (Å²) in [4.78, 5) is 10.2. The zero-order valence-electron chi connectivity index (χ0n) is 12.6. The van der Waals surface area contributed by atoms with Gasteiger partial charge in [0.2, 0.25) is 10.0 Å². The third-order valence-electron chi connectivity index (χ3n) is 3.54. The quantitative estimate of drug-likeness (QED) is 0.794. The Labute approximate surface area is 133 Å². The van der Waals surface area contributed by atoms with Crippen LogP contribution in [-0.2, 0) is 19.6 Å². The zero-order valence-corrected chi connectivity index (χ0v) is 13.4. The molecule has 0 unspecified atom stereocenters. The molecule has 9 heteroatoms. The van der Waals surface area contributed by atoms with E-state index in [4.69, 9.17) is 14.6 Å². The van der Waals surface area contributed by atoms with Gasteiger partial charge in [-0.15, -0.1) is 0 Å². The van der Waals surface area contributed by atoms with Crippen molar-refractivity contribution in [2.75, 3.05) is 26.9 Å². The van der Waals surface area contributed by atoms with Gasteiger partial charge in [-0.25, -0.2) is 17.6 Å². The molecule has 0 amide bonds. The molecule has 1 aromatic rings. The van der Waals surface area contributed by atoms with Gasteiger partial charge in [0.15, 0.2) is 18.2 Å². The van der Waals surface area contributed by atoms with Gasteiger partial charge in [-0.1, -0.05) is 0 Å². The highest BCUT2D eigenvalue weighted by Gasteiger charge is 2.35. The number of aliphatic carboxylic acids is 1. The maximum atomic E-state index is 13.9. The fraction of sp³-hybridized carbons (Fsp3) is 0.500. The summed E-state index contributed by atoms with van der Waals surface area (Å²) in [6.07, 6.45) is 1.41. The summed E-state index contributed by atoms with van der Waals surface area (Å²) in [5.41, 5.74) is 0. The van der Waals surface area contributed by atoms with Crippen molar-refractivity contribution in [2.45, 2.75) is 23.8 Å². The van der Waals surface area contributed by atoms with Gasteiger partial charge in [0.1, 0.15) is 0 Å². The van der Waals surface area contributed by atoms with Gasteiger partial charge in [-0.05, 0) is 31.0 Å². The minimum atomic E-state index is -3.84. The van der Waals surface area contributed by atoms with E-state index in [1.54, 1.807) is 0 Å². The number of halogens is 1. The van der Waals surface area contributed by atoms with Crippen molar-refractivity contribution in [2.24, 2.45) is 0 Å². The third-order valence-corrected chi connectivity index (χ3v) is 5.49. The molecule has 0 radical (unpaired) electrons. The second-order valence-electron chi connectivity index (χ2n) is 5.14. The van der Waals surface area contributed by atoms with E-state index in [0.29, 0.717) is 13.0 Å². The first-order valence-corrected chi connectivity index (χ1v) is 8.45. The molecule has 1 fully saturated rings. The number of hydrogen-bond donors (Lipinski definition) is 1. The zero-order chi connectivity index (χ0) is 17.0. The van der Waals surface area contributed by atoms with Crippen molar-refractivity contribution in [3.8, 4) is 5.75 Å². The molecule has 0 saturated carbocycles. The number of carboxylic acids is 1. The molecule has 0 aliphatic carbocycles. The molecule has 1 heterocycles. The van der Waals surface area contributed by atoms with Gasteiger partial charge < -0.3 is 14.6 Å². The number of ether oxygens (including phenoxy) is 2. The van der Waals surface area contributed by atoms with Crippen molar-refractivity contribution < 1.29 is 32.2 Å². The molecule has 23 heavy (non-hydrogen) atoms. The lowest BCUT2D eigenvalue weighted by molar-refractivity contribution is -0.139. The van der Waals surface area contributed by atoms with E-state index in [1.165, 1.54) is 17.5 Å². The summed E-state index contributed by atoms with van der Waals surface area (Å²) in [7, 11) is -2.34. The predicted molar refractivity (Wildman–Crippen MR) is 78.3 cm³/mol. The van der Waals surface area contributed by atoms with Crippen molar-refractivity contribution in [1.29, 1.82) is 0 Å². The van der Waals surface area contributed by atoms with E-state index in [2.05, 4.69) is 0 Å². The van der Waals surface area contributed by atoms with Gasteiger partial charge in [-0.2, -0.15) is 4.31 Å². The van der Waals surface area contributed by atoms with Gasteiger partial charge in [-0.3, -0.25) is 0 Å². The summed E-state index contributed by atoms with van der Waals surface area (Å²) in [5, 5.41) is 8.51. The van der Waals surface area contributed by atoms with Crippen LogP contribution in [0.15, 0.2) is 23.1 Å². The molecule has 0 spiro atoms. The largest absolute Gasteiger partial charge is 0.479 e. The second kappa shape index (κ2) is 7.24. The highest BCUT2D eigenvalue weighted by Crippen LogP contribution is 2.28. The van der Waals surface area contributed by atoms with E-state index in [-0.39, 0.29) is 23.3 Å². The van der Waals surface area contributed by atoms with Crippen LogP contribution in [0.1, 0.15) is 12.8 Å². The summed E-state index contributed by atoms with van der Waals surface area (Å²) in [6.45, 7) is -0.0676. The number of benzene rings is 1. The van der Waals surface area contributed by atoms with Gasteiger partial charge >= 0.3 is 5.97 Å². The Balaban J connectivity index is 2.23. The maximum Gasteiger partial charge on any atom is 0.341 e. The molecule has 1 atom stereocenters. The molecule has 1 aromatic carbocycles. The minimum absolute atomic E-state index is 0.194. The second-order valence-corrected chi connectivity index (χ2v) is 7.03. The van der Waals surface area contributed by atoms with Crippen LogP contribution in [0.3, 0.4) is 0 Å². The third kappa shape index (κ3) is 3.98. The number of carboxylic acid groups (broad SMARTS) is 1. The van der Waals surface area contributed by atoms with Crippen molar-refractivity contribution in [3.05, 3.63) is 24.0 Å². The minimum Gasteiger partial charge on any atom is -0.479 e. The van der Waals surface area contributed by atoms with Crippen molar-refractivity contribution >= 4 is 16.0 Å². The first-order valence-electron chi connectivity index (χ1n) is 7.01. The molecule has 1 aliphatic rings. The number of hydrogen-bond acceptors (Lipinski definition) is 5. The van der Waals surface area contributed by atoms with Crippen LogP contribution in [0, 0.1) is 5.82 Å². The average Bonchev–Trinajstić information content (AvgIpc) is 2.95. The van der Waals surface area contributed by atoms with Crippen LogP contribution < -0.4 is 4.74 Å². The molecule has 0 aromatic heterocycles.